The van der Waals surface area contributed by atoms with Crippen molar-refractivity contribution >= 4 is 38.6 Å². The fraction of sp³-hybridized carbons (Fsp3) is 0. The predicted octanol–water partition coefficient (Wildman–Crippen LogP) is 12.6. The summed E-state index contributed by atoms with van der Waals surface area (Å²) in [7, 11) is 0. The lowest BCUT2D eigenvalue weighted by molar-refractivity contribution is 0.487. The molecule has 1 heterocycles. The fourth-order valence-electron chi connectivity index (χ4n) is 6.95. The van der Waals surface area contributed by atoms with Gasteiger partial charge in [0.05, 0.1) is 5.69 Å². The maximum absolute atomic E-state index is 6.34. The quantitative estimate of drug-likeness (QED) is 0.199. The molecule has 1 aliphatic rings. The molecule has 0 amide bonds. The van der Waals surface area contributed by atoms with Crippen LogP contribution in [-0.4, -0.2) is 0 Å². The summed E-state index contributed by atoms with van der Waals surface area (Å²) < 4.78 is 6.34. The van der Waals surface area contributed by atoms with E-state index in [1.165, 1.54) is 32.8 Å². The van der Waals surface area contributed by atoms with E-state index in [1.54, 1.807) is 0 Å². The summed E-state index contributed by atoms with van der Waals surface area (Å²) in [6.45, 7) is 0. The van der Waals surface area contributed by atoms with Gasteiger partial charge in [0.25, 0.3) is 0 Å². The number of anilines is 3. The SMILES string of the molecule is c1ccc(N(c2cccc(-c3cccc4ccccc34)c2)c2ccccc2-c2cc3c4c(cccc4c2)Oc2ccccc2-3)cc1. The maximum atomic E-state index is 6.34. The molecule has 9 rings (SSSR count). The number of nitrogens with zero attached hydrogens (tertiary/aromatic N) is 1. The number of ether oxygens (including phenoxy) is 1. The molecule has 216 valence electrons. The van der Waals surface area contributed by atoms with Gasteiger partial charge in [0.2, 0.25) is 0 Å². The summed E-state index contributed by atoms with van der Waals surface area (Å²) >= 11 is 0. The van der Waals surface area contributed by atoms with Crippen molar-refractivity contribution in [2.24, 2.45) is 0 Å². The van der Waals surface area contributed by atoms with Crippen molar-refractivity contribution in [1.82, 2.24) is 0 Å². The highest BCUT2D eigenvalue weighted by Gasteiger charge is 2.23. The standard InChI is InChI=1S/C44H29NO/c1-2-17-34(18-3-1)45(35-19-10-15-31(28-35)37-23-11-14-30-13-4-5-20-36(30)37)41-24-8-6-21-38(41)33-27-32-16-12-26-43-44(32)40(29-33)39-22-7-9-25-42(39)46-43/h1-29H. The van der Waals surface area contributed by atoms with Crippen LogP contribution in [0.4, 0.5) is 17.1 Å². The van der Waals surface area contributed by atoms with Gasteiger partial charge >= 0.3 is 0 Å². The van der Waals surface area contributed by atoms with Crippen LogP contribution in [-0.2, 0) is 0 Å². The molecule has 0 atom stereocenters. The summed E-state index contributed by atoms with van der Waals surface area (Å²) in [5, 5.41) is 4.82. The van der Waals surface area contributed by atoms with Crippen molar-refractivity contribution in [2.75, 3.05) is 4.90 Å². The number of fused-ring (bicyclic) bond motifs is 3. The summed E-state index contributed by atoms with van der Waals surface area (Å²) in [5.41, 5.74) is 10.4. The van der Waals surface area contributed by atoms with Crippen molar-refractivity contribution in [3.8, 4) is 44.9 Å². The van der Waals surface area contributed by atoms with Crippen molar-refractivity contribution in [1.29, 1.82) is 0 Å². The Labute approximate surface area is 268 Å². The molecule has 46 heavy (non-hydrogen) atoms. The maximum Gasteiger partial charge on any atom is 0.135 e. The first-order valence-corrected chi connectivity index (χ1v) is 15.7. The average molecular weight is 588 g/mol. The first-order valence-electron chi connectivity index (χ1n) is 15.7. The summed E-state index contributed by atoms with van der Waals surface area (Å²) in [6.07, 6.45) is 0. The smallest absolute Gasteiger partial charge is 0.135 e. The Balaban J connectivity index is 1.25. The van der Waals surface area contributed by atoms with Gasteiger partial charge in [-0.15, -0.1) is 0 Å². The molecule has 0 aromatic heterocycles. The molecule has 0 aliphatic carbocycles. The van der Waals surface area contributed by atoms with Crippen LogP contribution in [0.5, 0.6) is 11.5 Å². The monoisotopic (exact) mass is 587 g/mol. The molecule has 0 saturated carbocycles. The molecule has 0 radical (unpaired) electrons. The van der Waals surface area contributed by atoms with Gasteiger partial charge in [-0.2, -0.15) is 0 Å². The molecule has 0 unspecified atom stereocenters. The number of hydrogen-bond acceptors (Lipinski definition) is 2. The molecule has 0 spiro atoms. The molecule has 2 heteroatoms. The van der Waals surface area contributed by atoms with Gasteiger partial charge in [0.15, 0.2) is 0 Å². The summed E-state index contributed by atoms with van der Waals surface area (Å²) in [5.74, 6) is 1.80. The number of hydrogen-bond donors (Lipinski definition) is 0. The molecule has 0 bridgehead atoms. The second kappa shape index (κ2) is 10.8. The Kier molecular flexibility index (Phi) is 6.17. The van der Waals surface area contributed by atoms with E-state index in [2.05, 4.69) is 175 Å². The van der Waals surface area contributed by atoms with Gasteiger partial charge < -0.3 is 9.64 Å². The van der Waals surface area contributed by atoms with Crippen molar-refractivity contribution in [3.05, 3.63) is 176 Å². The number of rotatable bonds is 5. The largest absolute Gasteiger partial charge is 0.456 e. The molecule has 8 aromatic carbocycles. The zero-order valence-corrected chi connectivity index (χ0v) is 25.1. The summed E-state index contributed by atoms with van der Waals surface area (Å²) in [6, 6.07) is 62.8. The second-order valence-electron chi connectivity index (χ2n) is 11.7. The Hall–Kier alpha value is -6.12. The van der Waals surface area contributed by atoms with E-state index in [1.807, 2.05) is 6.07 Å². The molecule has 2 nitrogen and oxygen atoms in total. The third kappa shape index (κ3) is 4.35. The van der Waals surface area contributed by atoms with Crippen molar-refractivity contribution in [2.45, 2.75) is 0 Å². The second-order valence-corrected chi connectivity index (χ2v) is 11.7. The Morgan fingerprint density at radius 1 is 0.370 bits per heavy atom. The highest BCUT2D eigenvalue weighted by Crippen LogP contribution is 2.49. The van der Waals surface area contributed by atoms with Gasteiger partial charge in [-0.25, -0.2) is 0 Å². The Bertz CT molecular complexity index is 2400. The van der Waals surface area contributed by atoms with Crippen LogP contribution in [0.25, 0.3) is 54.9 Å². The van der Waals surface area contributed by atoms with Crippen molar-refractivity contribution < 1.29 is 4.74 Å². The molecular weight excluding hydrogens is 558 g/mol. The van der Waals surface area contributed by atoms with E-state index in [4.69, 9.17) is 4.74 Å². The van der Waals surface area contributed by atoms with Gasteiger partial charge in [0.1, 0.15) is 11.5 Å². The number of para-hydroxylation sites is 3. The average Bonchev–Trinajstić information content (AvgIpc) is 3.12. The van der Waals surface area contributed by atoms with Crippen LogP contribution in [0.1, 0.15) is 0 Å². The van der Waals surface area contributed by atoms with E-state index in [0.29, 0.717) is 0 Å². The van der Waals surface area contributed by atoms with Crippen molar-refractivity contribution in [3.63, 3.8) is 0 Å². The topological polar surface area (TPSA) is 12.5 Å². The molecule has 0 saturated heterocycles. The molecule has 8 aromatic rings. The first kappa shape index (κ1) is 26.3. The lowest BCUT2D eigenvalue weighted by Crippen LogP contribution is -2.11. The minimum absolute atomic E-state index is 0.893. The molecular formula is C44H29NO. The van der Waals surface area contributed by atoms with E-state index in [9.17, 15) is 0 Å². The van der Waals surface area contributed by atoms with Gasteiger partial charge in [-0.1, -0.05) is 121 Å². The van der Waals surface area contributed by atoms with Gasteiger partial charge in [0, 0.05) is 27.9 Å². The van der Waals surface area contributed by atoms with Crippen LogP contribution in [0, 0.1) is 0 Å². The van der Waals surface area contributed by atoms with E-state index >= 15 is 0 Å². The van der Waals surface area contributed by atoms with Gasteiger partial charge in [-0.05, 0) is 93.0 Å². The predicted molar refractivity (Wildman–Crippen MR) is 193 cm³/mol. The molecule has 1 aliphatic heterocycles. The minimum atomic E-state index is 0.893. The van der Waals surface area contributed by atoms with E-state index in [-0.39, 0.29) is 0 Å². The highest BCUT2D eigenvalue weighted by atomic mass is 16.5. The van der Waals surface area contributed by atoms with Crippen LogP contribution in [0.3, 0.4) is 0 Å². The molecule has 0 N–H and O–H groups in total. The van der Waals surface area contributed by atoms with Crippen LogP contribution in [0.15, 0.2) is 176 Å². The summed E-state index contributed by atoms with van der Waals surface area (Å²) in [4.78, 5) is 2.38. The Morgan fingerprint density at radius 3 is 1.96 bits per heavy atom. The van der Waals surface area contributed by atoms with Crippen LogP contribution in [0.2, 0.25) is 0 Å². The van der Waals surface area contributed by atoms with Crippen LogP contribution < -0.4 is 9.64 Å². The zero-order valence-electron chi connectivity index (χ0n) is 25.1. The fourth-order valence-corrected chi connectivity index (χ4v) is 6.95. The minimum Gasteiger partial charge on any atom is -0.456 e. The van der Waals surface area contributed by atoms with E-state index < -0.39 is 0 Å². The van der Waals surface area contributed by atoms with Crippen LogP contribution >= 0.6 is 0 Å². The Morgan fingerprint density at radius 2 is 1.02 bits per heavy atom. The lowest BCUT2D eigenvalue weighted by Gasteiger charge is -2.29. The number of benzene rings is 8. The first-order chi connectivity index (χ1) is 22.8. The normalized spacial score (nSPS) is 11.7. The third-order valence-electron chi connectivity index (χ3n) is 9.01. The molecule has 0 fully saturated rings. The van der Waals surface area contributed by atoms with E-state index in [0.717, 1.165) is 50.6 Å². The van der Waals surface area contributed by atoms with Gasteiger partial charge in [-0.3, -0.25) is 0 Å². The highest BCUT2D eigenvalue weighted by molar-refractivity contribution is 6.07. The lowest BCUT2D eigenvalue weighted by atomic mass is 9.90. The third-order valence-corrected chi connectivity index (χ3v) is 9.01. The zero-order chi connectivity index (χ0) is 30.5.